The van der Waals surface area contributed by atoms with Gasteiger partial charge in [-0.15, -0.1) is 0 Å². The van der Waals surface area contributed by atoms with E-state index in [1.54, 1.807) is 36.4 Å². The Kier molecular flexibility index (Phi) is 6.06. The van der Waals surface area contributed by atoms with Gasteiger partial charge in [-0.05, 0) is 42.2 Å². The second-order valence-electron chi connectivity index (χ2n) is 7.91. The predicted molar refractivity (Wildman–Crippen MR) is 116 cm³/mol. The second-order valence-corrected chi connectivity index (χ2v) is 7.91. The fourth-order valence-corrected chi connectivity index (χ4v) is 3.74. The van der Waals surface area contributed by atoms with Crippen molar-refractivity contribution in [1.82, 2.24) is 0 Å². The topological polar surface area (TPSA) is 98.0 Å². The molecular formula is C24H25NO6. The summed E-state index contributed by atoms with van der Waals surface area (Å²) >= 11 is 0. The number of hydrogen-bond acceptors (Lipinski definition) is 7. The van der Waals surface area contributed by atoms with Crippen molar-refractivity contribution in [2.45, 2.75) is 32.3 Å². The number of anilines is 1. The first-order valence-corrected chi connectivity index (χ1v) is 10.3. The Hall–Kier alpha value is -3.16. The number of aliphatic hydroxyl groups is 1. The van der Waals surface area contributed by atoms with E-state index in [9.17, 15) is 14.7 Å². The SMILES string of the molecule is CC1[C@H](C)C(CNc2ccc3ccc(=O)oc3c2)OC(OC(=O)c2ccccc2)[C@@H]1O. The number of nitrogens with one attached hydrogen (secondary N) is 1. The van der Waals surface area contributed by atoms with E-state index < -0.39 is 24.0 Å². The summed E-state index contributed by atoms with van der Waals surface area (Å²) in [6.45, 7) is 4.34. The Balaban J connectivity index is 1.44. The van der Waals surface area contributed by atoms with Crippen molar-refractivity contribution in [2.75, 3.05) is 11.9 Å². The molecule has 3 aromatic rings. The van der Waals surface area contributed by atoms with Crippen molar-refractivity contribution < 1.29 is 23.8 Å². The van der Waals surface area contributed by atoms with Gasteiger partial charge in [0.15, 0.2) is 0 Å². The first-order valence-electron chi connectivity index (χ1n) is 10.3. The fourth-order valence-electron chi connectivity index (χ4n) is 3.74. The van der Waals surface area contributed by atoms with E-state index in [2.05, 4.69) is 5.32 Å². The molecule has 3 unspecified atom stereocenters. The van der Waals surface area contributed by atoms with E-state index in [0.29, 0.717) is 17.7 Å². The van der Waals surface area contributed by atoms with Gasteiger partial charge < -0.3 is 24.3 Å². The van der Waals surface area contributed by atoms with Crippen LogP contribution in [0.3, 0.4) is 0 Å². The van der Waals surface area contributed by atoms with Crippen molar-refractivity contribution in [3.63, 3.8) is 0 Å². The minimum Gasteiger partial charge on any atom is -0.429 e. The van der Waals surface area contributed by atoms with Gasteiger partial charge in [0.1, 0.15) is 11.7 Å². The average Bonchev–Trinajstić information content (AvgIpc) is 2.78. The first-order chi connectivity index (χ1) is 14.9. The molecule has 4 rings (SSSR count). The minimum absolute atomic E-state index is 0.0209. The highest BCUT2D eigenvalue weighted by Crippen LogP contribution is 2.32. The molecule has 0 aliphatic carbocycles. The van der Waals surface area contributed by atoms with Crippen molar-refractivity contribution in [3.8, 4) is 0 Å². The summed E-state index contributed by atoms with van der Waals surface area (Å²) < 4.78 is 16.7. The lowest BCUT2D eigenvalue weighted by atomic mass is 9.83. The van der Waals surface area contributed by atoms with E-state index in [4.69, 9.17) is 13.9 Å². The van der Waals surface area contributed by atoms with Crippen molar-refractivity contribution in [3.05, 3.63) is 76.6 Å². The van der Waals surface area contributed by atoms with Crippen LogP contribution in [0.5, 0.6) is 0 Å². The number of carbonyl (C=O) groups is 1. The number of fused-ring (bicyclic) bond motifs is 1. The molecule has 1 aliphatic rings. The standard InChI is InChI=1S/C24H25NO6/c1-14-15(2)22(27)24(31-23(28)17-6-4-3-5-7-17)30-20(14)13-25-18-10-8-16-9-11-21(26)29-19(16)12-18/h3-12,14-15,20,22,24-25,27H,13H2,1-2H3/t14-,15?,20?,22+,24?/m0/s1. The van der Waals surface area contributed by atoms with Crippen molar-refractivity contribution in [2.24, 2.45) is 11.8 Å². The van der Waals surface area contributed by atoms with Crippen LogP contribution in [0.4, 0.5) is 5.69 Å². The molecule has 7 heteroatoms. The molecule has 2 heterocycles. The molecule has 0 spiro atoms. The zero-order valence-electron chi connectivity index (χ0n) is 17.4. The summed E-state index contributed by atoms with van der Waals surface area (Å²) in [5, 5.41) is 14.7. The van der Waals surface area contributed by atoms with E-state index in [1.165, 1.54) is 6.07 Å². The van der Waals surface area contributed by atoms with Gasteiger partial charge in [-0.3, -0.25) is 0 Å². The molecular weight excluding hydrogens is 398 g/mol. The number of benzene rings is 2. The van der Waals surface area contributed by atoms with Crippen LogP contribution in [0.25, 0.3) is 11.0 Å². The number of ether oxygens (including phenoxy) is 2. The van der Waals surface area contributed by atoms with Crippen molar-refractivity contribution >= 4 is 22.6 Å². The Bertz CT molecular complexity index is 1110. The lowest BCUT2D eigenvalue weighted by Gasteiger charge is -2.42. The highest BCUT2D eigenvalue weighted by molar-refractivity contribution is 5.89. The summed E-state index contributed by atoms with van der Waals surface area (Å²) in [4.78, 5) is 23.9. The number of rotatable bonds is 5. The monoisotopic (exact) mass is 423 g/mol. The van der Waals surface area contributed by atoms with Crippen LogP contribution in [-0.2, 0) is 9.47 Å². The smallest absolute Gasteiger partial charge is 0.340 e. The molecule has 0 radical (unpaired) electrons. The van der Waals surface area contributed by atoms with Crippen LogP contribution in [-0.4, -0.2) is 36.1 Å². The van der Waals surface area contributed by atoms with Crippen LogP contribution in [0, 0.1) is 11.8 Å². The molecule has 1 aliphatic heterocycles. The maximum absolute atomic E-state index is 12.4. The Morgan fingerprint density at radius 3 is 2.58 bits per heavy atom. The number of carbonyl (C=O) groups excluding carboxylic acids is 1. The van der Waals surface area contributed by atoms with Gasteiger partial charge >= 0.3 is 11.6 Å². The molecule has 0 amide bonds. The molecule has 162 valence electrons. The van der Waals surface area contributed by atoms with E-state index >= 15 is 0 Å². The number of esters is 1. The largest absolute Gasteiger partial charge is 0.429 e. The summed E-state index contributed by atoms with van der Waals surface area (Å²) in [6.07, 6.45) is -2.28. The summed E-state index contributed by atoms with van der Waals surface area (Å²) in [7, 11) is 0. The maximum atomic E-state index is 12.4. The molecule has 31 heavy (non-hydrogen) atoms. The maximum Gasteiger partial charge on any atom is 0.340 e. The fraction of sp³-hybridized carbons (Fsp3) is 0.333. The molecule has 7 nitrogen and oxygen atoms in total. The molecule has 2 N–H and O–H groups in total. The van der Waals surface area contributed by atoms with E-state index in [-0.39, 0.29) is 17.9 Å². The quantitative estimate of drug-likeness (QED) is 0.479. The average molecular weight is 423 g/mol. The zero-order valence-corrected chi connectivity index (χ0v) is 17.4. The van der Waals surface area contributed by atoms with Gasteiger partial charge in [-0.1, -0.05) is 32.0 Å². The predicted octanol–water partition coefficient (Wildman–Crippen LogP) is 3.42. The third kappa shape index (κ3) is 4.62. The first kappa shape index (κ1) is 21.1. The normalized spacial score (nSPS) is 25.8. The Labute approximate surface area is 179 Å². The van der Waals surface area contributed by atoms with Crippen molar-refractivity contribution in [1.29, 1.82) is 0 Å². The van der Waals surface area contributed by atoms with Crippen LogP contribution in [0.15, 0.2) is 69.9 Å². The Morgan fingerprint density at radius 1 is 1.06 bits per heavy atom. The summed E-state index contributed by atoms with van der Waals surface area (Å²) in [5.74, 6) is -0.654. The number of hydrogen-bond donors (Lipinski definition) is 2. The number of aliphatic hydroxyl groups excluding tert-OH is 1. The molecule has 2 aromatic carbocycles. The molecule has 0 saturated carbocycles. The van der Waals surface area contributed by atoms with Gasteiger partial charge in [0, 0.05) is 29.8 Å². The third-order valence-corrected chi connectivity index (χ3v) is 5.91. The van der Waals surface area contributed by atoms with Gasteiger partial charge in [0.25, 0.3) is 0 Å². The van der Waals surface area contributed by atoms with Crippen LogP contribution < -0.4 is 10.9 Å². The van der Waals surface area contributed by atoms with E-state index in [0.717, 1.165) is 11.1 Å². The third-order valence-electron chi connectivity index (χ3n) is 5.91. The van der Waals surface area contributed by atoms with Crippen LogP contribution in [0.1, 0.15) is 24.2 Å². The second kappa shape index (κ2) is 8.91. The molecule has 1 aromatic heterocycles. The van der Waals surface area contributed by atoms with E-state index in [1.807, 2.05) is 32.0 Å². The van der Waals surface area contributed by atoms with Gasteiger partial charge in [0.05, 0.1) is 11.7 Å². The zero-order chi connectivity index (χ0) is 22.0. The Morgan fingerprint density at radius 2 is 1.81 bits per heavy atom. The summed E-state index contributed by atoms with van der Waals surface area (Å²) in [5.41, 5.74) is 1.26. The molecule has 1 saturated heterocycles. The van der Waals surface area contributed by atoms with Gasteiger partial charge in [0.2, 0.25) is 6.29 Å². The van der Waals surface area contributed by atoms with Gasteiger partial charge in [-0.2, -0.15) is 0 Å². The molecule has 5 atom stereocenters. The minimum atomic E-state index is -1.06. The summed E-state index contributed by atoms with van der Waals surface area (Å²) in [6, 6.07) is 17.2. The highest BCUT2D eigenvalue weighted by atomic mass is 16.7. The highest BCUT2D eigenvalue weighted by Gasteiger charge is 2.42. The molecule has 0 bridgehead atoms. The molecule has 1 fully saturated rings. The van der Waals surface area contributed by atoms with Crippen LogP contribution >= 0.6 is 0 Å². The van der Waals surface area contributed by atoms with Gasteiger partial charge in [-0.25, -0.2) is 9.59 Å². The van der Waals surface area contributed by atoms with Crippen LogP contribution in [0.2, 0.25) is 0 Å². The lowest BCUT2D eigenvalue weighted by molar-refractivity contribution is -0.245. The lowest BCUT2D eigenvalue weighted by Crippen LogP contribution is -2.52.